The van der Waals surface area contributed by atoms with Crippen LogP contribution in [0.5, 0.6) is 0 Å². The maximum Gasteiger partial charge on any atom is 0.232 e. The average Bonchev–Trinajstić information content (AvgIpc) is 2.17. The summed E-state index contributed by atoms with van der Waals surface area (Å²) < 4.78 is 0. The van der Waals surface area contributed by atoms with Crippen LogP contribution >= 0.6 is 11.8 Å². The first-order valence-corrected chi connectivity index (χ1v) is 6.60. The van der Waals surface area contributed by atoms with Crippen LogP contribution in [-0.2, 0) is 4.79 Å². The van der Waals surface area contributed by atoms with Crippen molar-refractivity contribution in [3.8, 4) is 0 Å². The Morgan fingerprint density at radius 1 is 1.47 bits per heavy atom. The Hall–Kier alpha value is -0.220. The highest BCUT2D eigenvalue weighted by Crippen LogP contribution is 2.14. The Labute approximate surface area is 97.8 Å². The fourth-order valence-corrected chi connectivity index (χ4v) is 2.04. The summed E-state index contributed by atoms with van der Waals surface area (Å²) >= 11 is 1.70. The quantitative estimate of drug-likeness (QED) is 0.678. The van der Waals surface area contributed by atoms with E-state index in [1.54, 1.807) is 16.7 Å². The predicted octanol–water partition coefficient (Wildman–Crippen LogP) is 1.57. The van der Waals surface area contributed by atoms with Crippen LogP contribution in [-0.4, -0.2) is 42.4 Å². The van der Waals surface area contributed by atoms with Crippen molar-refractivity contribution in [3.63, 3.8) is 0 Å². The molecule has 0 radical (unpaired) electrons. The molecule has 90 valence electrons. The summed E-state index contributed by atoms with van der Waals surface area (Å²) in [7, 11) is 1.85. The summed E-state index contributed by atoms with van der Waals surface area (Å²) in [4.78, 5) is 13.5. The van der Waals surface area contributed by atoms with Gasteiger partial charge in [-0.1, -0.05) is 20.8 Å². The van der Waals surface area contributed by atoms with Gasteiger partial charge in [-0.2, -0.15) is 11.8 Å². The summed E-state index contributed by atoms with van der Waals surface area (Å²) in [5, 5.41) is 0. The minimum absolute atomic E-state index is 0.0137. The predicted molar refractivity (Wildman–Crippen MR) is 68.1 cm³/mol. The zero-order valence-electron chi connectivity index (χ0n) is 10.4. The van der Waals surface area contributed by atoms with E-state index in [0.29, 0.717) is 12.3 Å². The topological polar surface area (TPSA) is 46.3 Å². The Kier molecular flexibility index (Phi) is 7.02. The van der Waals surface area contributed by atoms with E-state index in [2.05, 4.69) is 20.8 Å². The van der Waals surface area contributed by atoms with Crippen LogP contribution in [0, 0.1) is 5.41 Å². The third-order valence-electron chi connectivity index (χ3n) is 2.22. The standard InChI is InChI=1S/C11H24N2OS/c1-5-6-15-7-10(14)13(4)9-11(2,3)8-12/h5-9,12H2,1-4H3. The molecule has 4 heteroatoms. The van der Waals surface area contributed by atoms with E-state index in [9.17, 15) is 4.79 Å². The first-order valence-electron chi connectivity index (χ1n) is 5.44. The van der Waals surface area contributed by atoms with Crippen molar-refractivity contribution in [2.24, 2.45) is 11.1 Å². The van der Waals surface area contributed by atoms with E-state index < -0.39 is 0 Å². The number of hydrogen-bond donors (Lipinski definition) is 1. The van der Waals surface area contributed by atoms with Crippen molar-refractivity contribution in [1.29, 1.82) is 0 Å². The number of carbonyl (C=O) groups is 1. The van der Waals surface area contributed by atoms with Crippen molar-refractivity contribution in [3.05, 3.63) is 0 Å². The minimum atomic E-state index is 0.0137. The summed E-state index contributed by atoms with van der Waals surface area (Å²) in [6.45, 7) is 7.62. The third kappa shape index (κ3) is 6.79. The maximum atomic E-state index is 11.7. The molecule has 0 aromatic rings. The normalized spacial score (nSPS) is 11.5. The van der Waals surface area contributed by atoms with E-state index >= 15 is 0 Å². The lowest BCUT2D eigenvalue weighted by atomic mass is 9.93. The fraction of sp³-hybridized carbons (Fsp3) is 0.909. The van der Waals surface area contributed by atoms with Crippen molar-refractivity contribution in [2.75, 3.05) is 31.6 Å². The molecule has 1 amide bonds. The molecule has 0 saturated heterocycles. The van der Waals surface area contributed by atoms with Crippen molar-refractivity contribution >= 4 is 17.7 Å². The van der Waals surface area contributed by atoms with Gasteiger partial charge in [0.15, 0.2) is 0 Å². The second kappa shape index (κ2) is 7.12. The molecule has 0 atom stereocenters. The zero-order chi connectivity index (χ0) is 11.9. The lowest BCUT2D eigenvalue weighted by Crippen LogP contribution is -2.40. The molecule has 0 rings (SSSR count). The van der Waals surface area contributed by atoms with Crippen LogP contribution < -0.4 is 5.73 Å². The molecule has 2 N–H and O–H groups in total. The van der Waals surface area contributed by atoms with Crippen molar-refractivity contribution < 1.29 is 4.79 Å². The number of amides is 1. The molecular weight excluding hydrogens is 208 g/mol. The number of carbonyl (C=O) groups excluding carboxylic acids is 1. The molecule has 0 heterocycles. The van der Waals surface area contributed by atoms with E-state index in [0.717, 1.165) is 18.7 Å². The van der Waals surface area contributed by atoms with Crippen LogP contribution in [0.15, 0.2) is 0 Å². The molecule has 0 aliphatic carbocycles. The van der Waals surface area contributed by atoms with Gasteiger partial charge in [-0.05, 0) is 24.1 Å². The molecule has 15 heavy (non-hydrogen) atoms. The summed E-state index contributed by atoms with van der Waals surface area (Å²) in [6.07, 6.45) is 1.12. The van der Waals surface area contributed by atoms with Gasteiger partial charge in [0, 0.05) is 13.6 Å². The Bertz CT molecular complexity index is 195. The highest BCUT2D eigenvalue weighted by molar-refractivity contribution is 7.99. The van der Waals surface area contributed by atoms with Gasteiger partial charge in [0.05, 0.1) is 5.75 Å². The molecule has 0 aliphatic heterocycles. The van der Waals surface area contributed by atoms with Gasteiger partial charge in [0.25, 0.3) is 0 Å². The maximum absolute atomic E-state index is 11.7. The van der Waals surface area contributed by atoms with Gasteiger partial charge in [-0.25, -0.2) is 0 Å². The first kappa shape index (κ1) is 14.8. The SMILES string of the molecule is CCCSCC(=O)N(C)CC(C)(C)CN. The smallest absolute Gasteiger partial charge is 0.232 e. The number of nitrogens with two attached hydrogens (primary N) is 1. The average molecular weight is 232 g/mol. The van der Waals surface area contributed by atoms with Gasteiger partial charge in [0.2, 0.25) is 5.91 Å². The molecule has 0 saturated carbocycles. The second-order valence-electron chi connectivity index (χ2n) is 4.67. The third-order valence-corrected chi connectivity index (χ3v) is 3.37. The highest BCUT2D eigenvalue weighted by atomic mass is 32.2. The van der Waals surface area contributed by atoms with Gasteiger partial charge in [-0.15, -0.1) is 0 Å². The molecule has 0 fully saturated rings. The lowest BCUT2D eigenvalue weighted by molar-refractivity contribution is -0.128. The second-order valence-corrected chi connectivity index (χ2v) is 5.78. The number of thioether (sulfide) groups is 1. The van der Waals surface area contributed by atoms with Gasteiger partial charge >= 0.3 is 0 Å². The molecular formula is C11H24N2OS. The molecule has 0 spiro atoms. The Morgan fingerprint density at radius 3 is 2.53 bits per heavy atom. The molecule has 0 aromatic carbocycles. The van der Waals surface area contributed by atoms with Crippen LogP contribution in [0.2, 0.25) is 0 Å². The highest BCUT2D eigenvalue weighted by Gasteiger charge is 2.20. The lowest BCUT2D eigenvalue weighted by Gasteiger charge is -2.29. The van der Waals surface area contributed by atoms with Crippen LogP contribution in [0.4, 0.5) is 0 Å². The minimum Gasteiger partial charge on any atom is -0.344 e. The van der Waals surface area contributed by atoms with E-state index in [-0.39, 0.29) is 11.3 Å². The van der Waals surface area contributed by atoms with E-state index in [4.69, 9.17) is 5.73 Å². The van der Waals surface area contributed by atoms with Crippen molar-refractivity contribution in [1.82, 2.24) is 4.90 Å². The van der Waals surface area contributed by atoms with Crippen molar-refractivity contribution in [2.45, 2.75) is 27.2 Å². The molecule has 3 nitrogen and oxygen atoms in total. The largest absolute Gasteiger partial charge is 0.344 e. The van der Waals surface area contributed by atoms with E-state index in [1.165, 1.54) is 0 Å². The van der Waals surface area contributed by atoms with Gasteiger partial charge in [-0.3, -0.25) is 4.79 Å². The monoisotopic (exact) mass is 232 g/mol. The summed E-state index contributed by atoms with van der Waals surface area (Å²) in [5.41, 5.74) is 5.65. The Balaban J connectivity index is 3.88. The summed E-state index contributed by atoms with van der Waals surface area (Å²) in [6, 6.07) is 0. The summed E-state index contributed by atoms with van der Waals surface area (Å²) in [5.74, 6) is 1.85. The Morgan fingerprint density at radius 2 is 2.07 bits per heavy atom. The number of rotatable bonds is 7. The van der Waals surface area contributed by atoms with E-state index in [1.807, 2.05) is 7.05 Å². The van der Waals surface area contributed by atoms with Crippen LogP contribution in [0.3, 0.4) is 0 Å². The number of nitrogens with zero attached hydrogens (tertiary/aromatic N) is 1. The number of hydrogen-bond acceptors (Lipinski definition) is 3. The molecule has 0 aliphatic rings. The van der Waals surface area contributed by atoms with Gasteiger partial charge < -0.3 is 10.6 Å². The molecule has 0 unspecified atom stereocenters. The molecule has 0 aromatic heterocycles. The molecule has 0 bridgehead atoms. The zero-order valence-corrected chi connectivity index (χ0v) is 11.2. The first-order chi connectivity index (χ1) is 6.93. The van der Waals surface area contributed by atoms with Crippen LogP contribution in [0.1, 0.15) is 27.2 Å². The van der Waals surface area contributed by atoms with Crippen LogP contribution in [0.25, 0.3) is 0 Å². The fourth-order valence-electron chi connectivity index (χ4n) is 1.21. The van der Waals surface area contributed by atoms with Gasteiger partial charge in [0.1, 0.15) is 0 Å².